The zero-order valence-electron chi connectivity index (χ0n) is 18.5. The molecule has 0 saturated carbocycles. The number of nitrogens with zero attached hydrogens (tertiary/aromatic N) is 3. The summed E-state index contributed by atoms with van der Waals surface area (Å²) in [6, 6.07) is 12.9. The zero-order chi connectivity index (χ0) is 24.0. The molecule has 6 nitrogen and oxygen atoms in total. The number of hydrogen-bond acceptors (Lipinski definition) is 6. The van der Waals surface area contributed by atoms with Crippen LogP contribution in [0.3, 0.4) is 0 Å². The average molecular weight is 479 g/mol. The molecular formula is C23H25F3N4O2S. The molecule has 33 heavy (non-hydrogen) atoms. The monoisotopic (exact) mass is 478 g/mol. The maximum absolute atomic E-state index is 12.8. The van der Waals surface area contributed by atoms with E-state index in [0.717, 1.165) is 34.3 Å². The third-order valence-electron chi connectivity index (χ3n) is 6.08. The first-order chi connectivity index (χ1) is 15.4. The molecule has 1 N–H and O–H groups in total. The Morgan fingerprint density at radius 3 is 2.42 bits per heavy atom. The van der Waals surface area contributed by atoms with Crippen LogP contribution in [0.4, 0.5) is 24.5 Å². The second-order valence-corrected chi connectivity index (χ2v) is 10.7. The predicted octanol–water partition coefficient (Wildman–Crippen LogP) is 4.63. The number of halogens is 3. The molecule has 2 heterocycles. The van der Waals surface area contributed by atoms with Gasteiger partial charge >= 0.3 is 5.51 Å². The predicted molar refractivity (Wildman–Crippen MR) is 123 cm³/mol. The van der Waals surface area contributed by atoms with Gasteiger partial charge in [-0.15, -0.1) is 0 Å². The lowest BCUT2D eigenvalue weighted by molar-refractivity contribution is -0.0436. The third-order valence-corrected chi connectivity index (χ3v) is 7.58. The molecule has 1 saturated heterocycles. The SMILES string of the molecule is CNc1ccc2c(CN3CN(c4ccc(S(=O)(=O)C(F)(F)F)cc4)CC3(C)C)ccnc2c1. The van der Waals surface area contributed by atoms with E-state index in [-0.39, 0.29) is 5.54 Å². The zero-order valence-corrected chi connectivity index (χ0v) is 19.3. The first kappa shape index (κ1) is 23.3. The van der Waals surface area contributed by atoms with Gasteiger partial charge in [0.1, 0.15) is 0 Å². The smallest absolute Gasteiger partial charge is 0.388 e. The molecule has 1 aliphatic heterocycles. The second kappa shape index (κ2) is 8.18. The summed E-state index contributed by atoms with van der Waals surface area (Å²) in [7, 11) is -3.50. The van der Waals surface area contributed by atoms with Crippen molar-refractivity contribution in [2.24, 2.45) is 0 Å². The van der Waals surface area contributed by atoms with Crippen LogP contribution >= 0.6 is 0 Å². The Morgan fingerprint density at radius 1 is 1.09 bits per heavy atom. The molecule has 4 rings (SSSR count). The van der Waals surface area contributed by atoms with Gasteiger partial charge in [0.25, 0.3) is 9.84 Å². The summed E-state index contributed by atoms with van der Waals surface area (Å²) in [6.45, 7) is 6.08. The number of aromatic nitrogens is 1. The Hall–Kier alpha value is -2.85. The Morgan fingerprint density at radius 2 is 1.79 bits per heavy atom. The molecule has 0 bridgehead atoms. The fraction of sp³-hybridized carbons (Fsp3) is 0.348. The number of benzene rings is 2. The summed E-state index contributed by atoms with van der Waals surface area (Å²) in [4.78, 5) is 8.04. The lowest BCUT2D eigenvalue weighted by Gasteiger charge is -2.30. The Balaban J connectivity index is 1.56. The molecule has 10 heteroatoms. The first-order valence-electron chi connectivity index (χ1n) is 10.4. The van der Waals surface area contributed by atoms with Crippen LogP contribution in [0.25, 0.3) is 10.9 Å². The van der Waals surface area contributed by atoms with Gasteiger partial charge < -0.3 is 10.2 Å². The summed E-state index contributed by atoms with van der Waals surface area (Å²) >= 11 is 0. The number of fused-ring (bicyclic) bond motifs is 1. The lowest BCUT2D eigenvalue weighted by atomic mass is 10.0. The molecule has 3 aromatic rings. The van der Waals surface area contributed by atoms with E-state index in [4.69, 9.17) is 0 Å². The van der Waals surface area contributed by atoms with Crippen molar-refractivity contribution in [2.75, 3.05) is 30.5 Å². The van der Waals surface area contributed by atoms with Crippen molar-refractivity contribution < 1.29 is 21.6 Å². The van der Waals surface area contributed by atoms with Crippen molar-refractivity contribution in [3.05, 3.63) is 60.3 Å². The molecule has 1 aromatic heterocycles. The fourth-order valence-electron chi connectivity index (χ4n) is 4.13. The average Bonchev–Trinajstić information content (AvgIpc) is 3.07. The van der Waals surface area contributed by atoms with Gasteiger partial charge in [0, 0.05) is 48.6 Å². The molecule has 0 unspecified atom stereocenters. The number of hydrogen-bond donors (Lipinski definition) is 1. The normalized spacial score (nSPS) is 17.0. The van der Waals surface area contributed by atoms with Crippen LogP contribution in [0.5, 0.6) is 0 Å². The van der Waals surface area contributed by atoms with Crippen LogP contribution in [-0.2, 0) is 16.4 Å². The van der Waals surface area contributed by atoms with Crippen LogP contribution in [0.15, 0.2) is 59.6 Å². The van der Waals surface area contributed by atoms with Crippen LogP contribution in [0.1, 0.15) is 19.4 Å². The summed E-state index contributed by atoms with van der Waals surface area (Å²) in [6.07, 6.45) is 1.79. The highest BCUT2D eigenvalue weighted by Crippen LogP contribution is 2.34. The summed E-state index contributed by atoms with van der Waals surface area (Å²) in [5, 5.41) is 4.18. The number of alkyl halides is 3. The molecule has 0 aliphatic carbocycles. The number of anilines is 2. The molecule has 1 aliphatic rings. The second-order valence-electron chi connectivity index (χ2n) is 8.74. The Bertz CT molecular complexity index is 1280. The highest BCUT2D eigenvalue weighted by atomic mass is 32.2. The molecule has 1 fully saturated rings. The van der Waals surface area contributed by atoms with Gasteiger partial charge in [0.15, 0.2) is 0 Å². The van der Waals surface area contributed by atoms with Gasteiger partial charge in [-0.3, -0.25) is 9.88 Å². The van der Waals surface area contributed by atoms with E-state index >= 15 is 0 Å². The largest absolute Gasteiger partial charge is 0.501 e. The first-order valence-corrected chi connectivity index (χ1v) is 11.9. The minimum Gasteiger partial charge on any atom is -0.388 e. The molecule has 0 amide bonds. The van der Waals surface area contributed by atoms with Gasteiger partial charge in [-0.05, 0) is 61.9 Å². The minimum atomic E-state index is -5.36. The molecular weight excluding hydrogens is 453 g/mol. The summed E-state index contributed by atoms with van der Waals surface area (Å²) in [5.41, 5.74) is -1.85. The number of nitrogens with one attached hydrogen (secondary N) is 1. The Kier molecular flexibility index (Phi) is 5.78. The van der Waals surface area contributed by atoms with Crippen molar-refractivity contribution in [1.29, 1.82) is 0 Å². The van der Waals surface area contributed by atoms with E-state index in [1.807, 2.05) is 36.2 Å². The maximum Gasteiger partial charge on any atom is 0.501 e. The van der Waals surface area contributed by atoms with Crippen molar-refractivity contribution in [2.45, 2.75) is 36.3 Å². The molecule has 0 atom stereocenters. The Labute approximate surface area is 190 Å². The van der Waals surface area contributed by atoms with E-state index in [9.17, 15) is 21.6 Å². The summed E-state index contributed by atoms with van der Waals surface area (Å²) in [5.74, 6) is 0. The van der Waals surface area contributed by atoms with Gasteiger partial charge in [-0.25, -0.2) is 8.42 Å². The third kappa shape index (κ3) is 4.37. The van der Waals surface area contributed by atoms with Gasteiger partial charge in [0.2, 0.25) is 0 Å². The topological polar surface area (TPSA) is 65.5 Å². The van der Waals surface area contributed by atoms with Crippen molar-refractivity contribution in [3.8, 4) is 0 Å². The fourth-order valence-corrected chi connectivity index (χ4v) is 4.89. The van der Waals surface area contributed by atoms with Crippen molar-refractivity contribution >= 4 is 32.1 Å². The van der Waals surface area contributed by atoms with Crippen LogP contribution in [0, 0.1) is 0 Å². The van der Waals surface area contributed by atoms with Gasteiger partial charge in [-0.2, -0.15) is 13.2 Å². The van der Waals surface area contributed by atoms with E-state index in [0.29, 0.717) is 25.4 Å². The molecule has 0 spiro atoms. The quantitative estimate of drug-likeness (QED) is 0.577. The number of rotatable bonds is 5. The molecule has 0 radical (unpaired) electrons. The van der Waals surface area contributed by atoms with E-state index in [1.54, 1.807) is 6.20 Å². The standard InChI is InChI=1S/C23H25F3N4O2S/c1-22(2)14-29(18-5-7-19(8-6-18)33(31,32)23(24,25)26)15-30(22)13-16-10-11-28-21-12-17(27-3)4-9-20(16)21/h4-12,27H,13-15H2,1-3H3. The van der Waals surface area contributed by atoms with E-state index in [2.05, 4.69) is 29.0 Å². The van der Waals surface area contributed by atoms with Crippen LogP contribution in [-0.4, -0.2) is 49.6 Å². The van der Waals surface area contributed by atoms with Gasteiger partial charge in [0.05, 0.1) is 17.1 Å². The van der Waals surface area contributed by atoms with E-state index in [1.165, 1.54) is 12.1 Å². The highest BCUT2D eigenvalue weighted by molar-refractivity contribution is 7.92. The van der Waals surface area contributed by atoms with E-state index < -0.39 is 20.2 Å². The highest BCUT2D eigenvalue weighted by Gasteiger charge is 2.47. The van der Waals surface area contributed by atoms with Gasteiger partial charge in [-0.1, -0.05) is 6.07 Å². The van der Waals surface area contributed by atoms with Crippen molar-refractivity contribution in [1.82, 2.24) is 9.88 Å². The number of pyridine rings is 1. The maximum atomic E-state index is 12.8. The van der Waals surface area contributed by atoms with Crippen molar-refractivity contribution in [3.63, 3.8) is 0 Å². The van der Waals surface area contributed by atoms with Crippen LogP contribution < -0.4 is 10.2 Å². The lowest BCUT2D eigenvalue weighted by Crippen LogP contribution is -2.39. The molecule has 2 aromatic carbocycles. The number of sulfone groups is 1. The van der Waals surface area contributed by atoms with Crippen LogP contribution in [0.2, 0.25) is 0 Å². The minimum absolute atomic E-state index is 0.211. The molecule has 176 valence electrons. The summed E-state index contributed by atoms with van der Waals surface area (Å²) < 4.78 is 61.7.